The van der Waals surface area contributed by atoms with Crippen molar-refractivity contribution in [3.05, 3.63) is 70.4 Å². The van der Waals surface area contributed by atoms with E-state index in [2.05, 4.69) is 37.6 Å². The molecule has 1 atom stereocenters. The molecule has 234 valence electrons. The van der Waals surface area contributed by atoms with E-state index in [1.807, 2.05) is 6.07 Å². The molecule has 0 unspecified atom stereocenters. The van der Waals surface area contributed by atoms with Gasteiger partial charge < -0.3 is 16.1 Å². The van der Waals surface area contributed by atoms with E-state index in [0.717, 1.165) is 45.6 Å². The zero-order valence-corrected chi connectivity index (χ0v) is 24.7. The van der Waals surface area contributed by atoms with E-state index >= 15 is 4.39 Å². The average Bonchev–Trinajstić information content (AvgIpc) is 3.92. The lowest BCUT2D eigenvalue weighted by molar-refractivity contribution is -0.206. The molecule has 2 saturated carbocycles. The van der Waals surface area contributed by atoms with Gasteiger partial charge in [-0.05, 0) is 70.6 Å². The van der Waals surface area contributed by atoms with Gasteiger partial charge in [-0.15, -0.1) is 5.53 Å². The first-order chi connectivity index (χ1) is 21.3. The van der Waals surface area contributed by atoms with Crippen LogP contribution in [0.1, 0.15) is 68.0 Å². The number of rotatable bonds is 9. The van der Waals surface area contributed by atoms with E-state index in [9.17, 15) is 28.1 Å². The van der Waals surface area contributed by atoms with Crippen molar-refractivity contribution in [3.63, 3.8) is 0 Å². The van der Waals surface area contributed by atoms with Crippen LogP contribution in [-0.4, -0.2) is 33.2 Å². The molecule has 2 aromatic heterocycles. The van der Waals surface area contributed by atoms with Crippen molar-refractivity contribution in [3.8, 4) is 12.1 Å². The van der Waals surface area contributed by atoms with Gasteiger partial charge >= 0.3 is 6.18 Å². The Bertz CT molecular complexity index is 1800. The monoisotopic (exact) mass is 623 g/mol. The minimum absolute atomic E-state index is 0.0162. The molecule has 3 aliphatic rings. The molecule has 6 rings (SSSR count). The van der Waals surface area contributed by atoms with Crippen molar-refractivity contribution >= 4 is 22.3 Å². The summed E-state index contributed by atoms with van der Waals surface area (Å²) < 4.78 is 71.3. The minimum Gasteiger partial charge on any atom is -0.382 e. The first kappa shape index (κ1) is 30.3. The molecule has 0 radical (unpaired) electrons. The van der Waals surface area contributed by atoms with Crippen LogP contribution in [0.5, 0.6) is 0 Å². The first-order valence-electron chi connectivity index (χ1n) is 14.5. The summed E-state index contributed by atoms with van der Waals surface area (Å²) >= 11 is 0. The van der Waals surface area contributed by atoms with E-state index in [-0.39, 0.29) is 44.6 Å². The van der Waals surface area contributed by atoms with Crippen LogP contribution in [0.4, 0.5) is 33.3 Å². The molecule has 3 heterocycles. The molecule has 0 amide bonds. The highest BCUT2D eigenvalue weighted by Gasteiger charge is 2.60. The fourth-order valence-electron chi connectivity index (χ4n) is 5.87. The van der Waals surface area contributed by atoms with E-state index in [1.54, 1.807) is 6.92 Å². The molecule has 45 heavy (non-hydrogen) atoms. The summed E-state index contributed by atoms with van der Waals surface area (Å²) in [5, 5.41) is 27.5. The fourth-order valence-corrected chi connectivity index (χ4v) is 5.87. The number of aryl methyl sites for hydroxylation is 1. The standard InChI is InChI=1S/C31H30F5N9/c1-16-21(6-7-23(32)41-16)26(27-28(33)45(44-43-27)30(8-9-30)19-4-5-19)42-20-10-17(12-37)24-22(11-20)25(18(13-38)14-39-24)40-15-29(2,3)31(34,35)36/h6-7,10-11,14,19,26,42-44H,4-5,8-9,15H2,1-3H3,(H,39,40)/t26-/m0/s1. The number of nitriles is 2. The lowest BCUT2D eigenvalue weighted by atomic mass is 9.92. The second kappa shape index (κ2) is 10.7. The molecule has 4 N–H and O–H groups in total. The molecule has 0 spiro atoms. The number of alkyl halides is 3. The largest absolute Gasteiger partial charge is 0.395 e. The van der Waals surface area contributed by atoms with Gasteiger partial charge in [-0.3, -0.25) is 9.99 Å². The van der Waals surface area contributed by atoms with Crippen LogP contribution in [0.15, 0.2) is 42.1 Å². The van der Waals surface area contributed by atoms with Gasteiger partial charge in [0.05, 0.1) is 39.3 Å². The van der Waals surface area contributed by atoms with Gasteiger partial charge in [0.15, 0.2) is 0 Å². The third-order valence-electron chi connectivity index (χ3n) is 8.96. The number of nitrogens with zero attached hydrogens (tertiary/aromatic N) is 5. The normalized spacial score (nSPS) is 18.3. The number of nitrogens with one attached hydrogen (secondary N) is 4. The molecular formula is C31H30F5N9. The SMILES string of the molecule is Cc1nc(F)ccc1[C@H](Nc1cc(C#N)c2ncc(C#N)c(NCC(C)(C)C(F)(F)F)c2c1)C1=C(F)N(C2(C3CC3)CC2)NN1. The van der Waals surface area contributed by atoms with Crippen LogP contribution in [0, 0.1) is 46.9 Å². The highest BCUT2D eigenvalue weighted by Crippen LogP contribution is 2.59. The topological polar surface area (TPSA) is 125 Å². The molecule has 14 heteroatoms. The number of hydrogen-bond acceptors (Lipinski definition) is 9. The third-order valence-corrected chi connectivity index (χ3v) is 8.96. The highest BCUT2D eigenvalue weighted by atomic mass is 19.4. The number of pyridine rings is 2. The van der Waals surface area contributed by atoms with Crippen molar-refractivity contribution in [1.29, 1.82) is 10.5 Å². The summed E-state index contributed by atoms with van der Waals surface area (Å²) in [5.74, 6) is -0.863. The maximum absolute atomic E-state index is 16.2. The van der Waals surface area contributed by atoms with Gasteiger partial charge in [0, 0.05) is 35.1 Å². The van der Waals surface area contributed by atoms with Crippen molar-refractivity contribution in [2.45, 2.75) is 64.2 Å². The molecule has 0 bridgehead atoms. The first-order valence-corrected chi connectivity index (χ1v) is 14.5. The average molecular weight is 624 g/mol. The van der Waals surface area contributed by atoms with Crippen LogP contribution >= 0.6 is 0 Å². The van der Waals surface area contributed by atoms with Gasteiger partial charge in [0.1, 0.15) is 17.8 Å². The number of hydrazine groups is 2. The Morgan fingerprint density at radius 3 is 2.42 bits per heavy atom. The quantitative estimate of drug-likeness (QED) is 0.122. The van der Waals surface area contributed by atoms with E-state index in [0.29, 0.717) is 17.2 Å². The van der Waals surface area contributed by atoms with Gasteiger partial charge in [-0.1, -0.05) is 6.07 Å². The maximum atomic E-state index is 16.2. The Balaban J connectivity index is 1.45. The van der Waals surface area contributed by atoms with Gasteiger partial charge in [-0.25, -0.2) is 4.98 Å². The number of hydrogen-bond donors (Lipinski definition) is 4. The third kappa shape index (κ3) is 5.33. The van der Waals surface area contributed by atoms with Crippen LogP contribution in [0.2, 0.25) is 0 Å². The summed E-state index contributed by atoms with van der Waals surface area (Å²) in [6.45, 7) is 3.11. The predicted molar refractivity (Wildman–Crippen MR) is 156 cm³/mol. The van der Waals surface area contributed by atoms with E-state index in [1.165, 1.54) is 29.4 Å². The zero-order chi connectivity index (χ0) is 32.3. The van der Waals surface area contributed by atoms with Crippen molar-refractivity contribution in [2.75, 3.05) is 17.2 Å². The van der Waals surface area contributed by atoms with Gasteiger partial charge in [0.2, 0.25) is 11.9 Å². The number of anilines is 2. The van der Waals surface area contributed by atoms with Crippen molar-refractivity contribution in [1.82, 2.24) is 25.9 Å². The van der Waals surface area contributed by atoms with Crippen LogP contribution < -0.4 is 21.6 Å². The predicted octanol–water partition coefficient (Wildman–Crippen LogP) is 6.38. The Labute approximate surface area is 256 Å². The summed E-state index contributed by atoms with van der Waals surface area (Å²) in [5.41, 5.74) is 4.90. The van der Waals surface area contributed by atoms with Crippen molar-refractivity contribution in [2.24, 2.45) is 11.3 Å². The highest BCUT2D eigenvalue weighted by molar-refractivity contribution is 5.99. The Morgan fingerprint density at radius 1 is 1.11 bits per heavy atom. The van der Waals surface area contributed by atoms with Gasteiger partial charge in [0.25, 0.3) is 0 Å². The molecule has 2 aliphatic carbocycles. The van der Waals surface area contributed by atoms with Crippen molar-refractivity contribution < 1.29 is 22.0 Å². The smallest absolute Gasteiger partial charge is 0.382 e. The number of benzene rings is 1. The summed E-state index contributed by atoms with van der Waals surface area (Å²) in [6, 6.07) is 8.73. The zero-order valence-electron chi connectivity index (χ0n) is 24.7. The number of aromatic nitrogens is 2. The lowest BCUT2D eigenvalue weighted by Gasteiger charge is -2.29. The Hall–Kier alpha value is -4.69. The Morgan fingerprint density at radius 2 is 1.82 bits per heavy atom. The molecule has 0 saturated heterocycles. The maximum Gasteiger partial charge on any atom is 0.395 e. The van der Waals surface area contributed by atoms with Crippen LogP contribution in [0.25, 0.3) is 10.9 Å². The summed E-state index contributed by atoms with van der Waals surface area (Å²) in [4.78, 5) is 8.17. The molecule has 1 aromatic carbocycles. The molecule has 2 fully saturated rings. The van der Waals surface area contributed by atoms with Crippen LogP contribution in [-0.2, 0) is 0 Å². The second-order valence-corrected chi connectivity index (χ2v) is 12.5. The molecule has 9 nitrogen and oxygen atoms in total. The number of fused-ring (bicyclic) bond motifs is 1. The second-order valence-electron chi connectivity index (χ2n) is 12.5. The molecule has 3 aromatic rings. The van der Waals surface area contributed by atoms with Crippen LogP contribution in [0.3, 0.4) is 0 Å². The minimum atomic E-state index is -4.53. The lowest BCUT2D eigenvalue weighted by Crippen LogP contribution is -2.47. The molecular weight excluding hydrogens is 593 g/mol. The van der Waals surface area contributed by atoms with Gasteiger partial charge in [-0.2, -0.15) is 32.5 Å². The summed E-state index contributed by atoms with van der Waals surface area (Å²) in [7, 11) is 0. The number of halogens is 5. The fraction of sp³-hybridized carbons (Fsp3) is 0.419. The Kier molecular flexibility index (Phi) is 7.24. The van der Waals surface area contributed by atoms with E-state index in [4.69, 9.17) is 0 Å². The molecule has 1 aliphatic heterocycles. The van der Waals surface area contributed by atoms with E-state index < -0.39 is 36.1 Å². The summed E-state index contributed by atoms with van der Waals surface area (Å²) in [6.07, 6.45) is 0.397.